The van der Waals surface area contributed by atoms with Crippen LogP contribution in [0.25, 0.3) is 0 Å². The Labute approximate surface area is 171 Å². The van der Waals surface area contributed by atoms with E-state index in [9.17, 15) is 18.5 Å². The van der Waals surface area contributed by atoms with Crippen LogP contribution < -0.4 is 10.2 Å². The largest absolute Gasteiger partial charge is 0.378 e. The number of anilines is 2. The lowest BCUT2D eigenvalue weighted by Gasteiger charge is -2.39. The first-order valence-corrected chi connectivity index (χ1v) is 11.4. The van der Waals surface area contributed by atoms with Crippen LogP contribution in [0, 0.1) is 10.1 Å². The van der Waals surface area contributed by atoms with Gasteiger partial charge in [0.05, 0.1) is 4.92 Å². The van der Waals surface area contributed by atoms with Gasteiger partial charge < -0.3 is 10.2 Å². The van der Waals surface area contributed by atoms with Crippen LogP contribution in [0.15, 0.2) is 53.4 Å². The SMILES string of the molecule is CC(CNc1cccc(S(C)(=O)=O)c1[N+](=O)[O-])N1CCN(c2ccccc2)CC1. The predicted molar refractivity (Wildman–Crippen MR) is 114 cm³/mol. The fourth-order valence-electron chi connectivity index (χ4n) is 3.60. The van der Waals surface area contributed by atoms with Crippen molar-refractivity contribution >= 4 is 26.9 Å². The number of nitrogens with zero attached hydrogens (tertiary/aromatic N) is 3. The molecule has 2 aromatic carbocycles. The van der Waals surface area contributed by atoms with Gasteiger partial charge in [0.1, 0.15) is 10.6 Å². The number of hydrogen-bond acceptors (Lipinski definition) is 7. The standard InChI is InChI=1S/C20H26N4O4S/c1-16(22-11-13-23(14-12-22)17-7-4-3-5-8-17)15-21-18-9-6-10-19(29(2,27)28)20(18)24(25)26/h3-10,16,21H,11-15H2,1-2H3. The van der Waals surface area contributed by atoms with Gasteiger partial charge in [-0.2, -0.15) is 0 Å². The number of nitro benzene ring substituents is 1. The molecule has 1 aliphatic rings. The molecule has 0 radical (unpaired) electrons. The van der Waals surface area contributed by atoms with Gasteiger partial charge in [0.25, 0.3) is 0 Å². The summed E-state index contributed by atoms with van der Waals surface area (Å²) in [7, 11) is -3.69. The molecular weight excluding hydrogens is 392 g/mol. The Morgan fingerprint density at radius 1 is 1.07 bits per heavy atom. The highest BCUT2D eigenvalue weighted by Gasteiger charge is 2.27. The summed E-state index contributed by atoms with van der Waals surface area (Å²) in [6.07, 6.45) is 0.980. The third kappa shape index (κ3) is 5.04. The first kappa shape index (κ1) is 21.1. The maximum absolute atomic E-state index is 11.9. The minimum atomic E-state index is -3.69. The van der Waals surface area contributed by atoms with E-state index in [1.165, 1.54) is 17.8 Å². The molecule has 0 amide bonds. The molecule has 0 saturated carbocycles. The van der Waals surface area contributed by atoms with Gasteiger partial charge in [-0.05, 0) is 31.2 Å². The first-order valence-electron chi connectivity index (χ1n) is 9.53. The molecule has 9 heteroatoms. The minimum Gasteiger partial charge on any atom is -0.378 e. The molecule has 0 aliphatic carbocycles. The third-order valence-corrected chi connectivity index (χ3v) is 6.36. The smallest absolute Gasteiger partial charge is 0.310 e. The number of para-hydroxylation sites is 2. The highest BCUT2D eigenvalue weighted by atomic mass is 32.2. The second kappa shape index (κ2) is 8.79. The molecule has 8 nitrogen and oxygen atoms in total. The summed E-state index contributed by atoms with van der Waals surface area (Å²) < 4.78 is 23.8. The summed E-state index contributed by atoms with van der Waals surface area (Å²) in [5.74, 6) is 0. The zero-order valence-electron chi connectivity index (χ0n) is 16.6. The molecule has 156 valence electrons. The molecule has 2 aromatic rings. The van der Waals surface area contributed by atoms with Crippen molar-refractivity contribution in [2.75, 3.05) is 49.2 Å². The van der Waals surface area contributed by atoms with Gasteiger partial charge in [-0.15, -0.1) is 0 Å². The van der Waals surface area contributed by atoms with Crippen molar-refractivity contribution in [2.24, 2.45) is 0 Å². The average molecular weight is 419 g/mol. The molecule has 1 fully saturated rings. The molecule has 1 aliphatic heterocycles. The Morgan fingerprint density at radius 3 is 2.31 bits per heavy atom. The number of sulfone groups is 1. The van der Waals surface area contributed by atoms with Gasteiger partial charge in [0, 0.05) is 50.7 Å². The van der Waals surface area contributed by atoms with Crippen LogP contribution >= 0.6 is 0 Å². The molecule has 1 unspecified atom stereocenters. The molecule has 3 rings (SSSR count). The second-order valence-corrected chi connectivity index (χ2v) is 9.25. The molecule has 1 N–H and O–H groups in total. The van der Waals surface area contributed by atoms with Crippen LogP contribution in [0.3, 0.4) is 0 Å². The second-order valence-electron chi connectivity index (χ2n) is 7.27. The number of nitrogens with one attached hydrogen (secondary N) is 1. The Morgan fingerprint density at radius 2 is 1.72 bits per heavy atom. The molecule has 0 spiro atoms. The van der Waals surface area contributed by atoms with Gasteiger partial charge in [-0.3, -0.25) is 15.0 Å². The van der Waals surface area contributed by atoms with Gasteiger partial charge >= 0.3 is 5.69 Å². The summed E-state index contributed by atoms with van der Waals surface area (Å²) in [6, 6.07) is 14.8. The van der Waals surface area contributed by atoms with E-state index >= 15 is 0 Å². The fraction of sp³-hybridized carbons (Fsp3) is 0.400. The zero-order valence-corrected chi connectivity index (χ0v) is 17.4. The van der Waals surface area contributed by atoms with Crippen LogP contribution in [0.2, 0.25) is 0 Å². The predicted octanol–water partition coefficient (Wildman–Crippen LogP) is 2.62. The number of benzene rings is 2. The van der Waals surface area contributed by atoms with Crippen molar-refractivity contribution in [3.63, 3.8) is 0 Å². The molecule has 1 saturated heterocycles. The maximum atomic E-state index is 11.9. The lowest BCUT2D eigenvalue weighted by Crippen LogP contribution is -2.51. The topological polar surface area (TPSA) is 95.8 Å². The van der Waals surface area contributed by atoms with Crippen LogP contribution in [-0.4, -0.2) is 63.3 Å². The van der Waals surface area contributed by atoms with E-state index in [2.05, 4.69) is 34.2 Å². The summed E-state index contributed by atoms with van der Waals surface area (Å²) in [5, 5.41) is 14.6. The molecule has 1 atom stereocenters. The lowest BCUT2D eigenvalue weighted by molar-refractivity contribution is -0.386. The average Bonchev–Trinajstić information content (AvgIpc) is 2.71. The quantitative estimate of drug-likeness (QED) is 0.545. The van der Waals surface area contributed by atoms with Crippen molar-refractivity contribution in [3.8, 4) is 0 Å². The van der Waals surface area contributed by atoms with E-state index in [-0.39, 0.29) is 16.6 Å². The molecular formula is C20H26N4O4S. The van der Waals surface area contributed by atoms with Gasteiger partial charge in [-0.1, -0.05) is 24.3 Å². The summed E-state index contributed by atoms with van der Waals surface area (Å²) in [4.78, 5) is 15.3. The molecule has 0 bridgehead atoms. The molecule has 0 aromatic heterocycles. The maximum Gasteiger partial charge on any atom is 0.310 e. The highest BCUT2D eigenvalue weighted by Crippen LogP contribution is 2.32. The van der Waals surface area contributed by atoms with Crippen molar-refractivity contribution in [3.05, 3.63) is 58.6 Å². The zero-order chi connectivity index (χ0) is 21.0. The van der Waals surface area contributed by atoms with Crippen molar-refractivity contribution in [1.29, 1.82) is 0 Å². The molecule has 1 heterocycles. The van der Waals surface area contributed by atoms with E-state index in [4.69, 9.17) is 0 Å². The fourth-order valence-corrected chi connectivity index (χ4v) is 4.46. The van der Waals surface area contributed by atoms with E-state index in [1.54, 1.807) is 6.07 Å². The monoisotopic (exact) mass is 418 g/mol. The Balaban J connectivity index is 1.63. The van der Waals surface area contributed by atoms with Crippen molar-refractivity contribution < 1.29 is 13.3 Å². The van der Waals surface area contributed by atoms with Crippen molar-refractivity contribution in [2.45, 2.75) is 17.9 Å². The van der Waals surface area contributed by atoms with E-state index in [1.807, 2.05) is 18.2 Å². The number of hydrogen-bond donors (Lipinski definition) is 1. The Kier molecular flexibility index (Phi) is 6.39. The summed E-state index contributed by atoms with van der Waals surface area (Å²) in [5.41, 5.74) is 1.05. The Bertz CT molecular complexity index is 958. The van der Waals surface area contributed by atoms with Gasteiger partial charge in [-0.25, -0.2) is 8.42 Å². The van der Waals surface area contributed by atoms with Crippen LogP contribution in [0.4, 0.5) is 17.1 Å². The normalized spacial score (nSPS) is 16.4. The van der Waals surface area contributed by atoms with Gasteiger partial charge in [0.15, 0.2) is 9.84 Å². The highest BCUT2D eigenvalue weighted by molar-refractivity contribution is 7.90. The summed E-state index contributed by atoms with van der Waals surface area (Å²) >= 11 is 0. The van der Waals surface area contributed by atoms with Crippen molar-refractivity contribution in [1.82, 2.24) is 4.90 Å². The number of piperazine rings is 1. The first-order chi connectivity index (χ1) is 13.8. The number of rotatable bonds is 7. The van der Waals surface area contributed by atoms with E-state index in [0.29, 0.717) is 6.54 Å². The minimum absolute atomic E-state index is 0.148. The van der Waals surface area contributed by atoms with Crippen LogP contribution in [0.1, 0.15) is 6.92 Å². The van der Waals surface area contributed by atoms with E-state index < -0.39 is 20.4 Å². The number of nitro groups is 1. The van der Waals surface area contributed by atoms with Crippen LogP contribution in [-0.2, 0) is 9.84 Å². The lowest BCUT2D eigenvalue weighted by atomic mass is 10.2. The van der Waals surface area contributed by atoms with E-state index in [0.717, 1.165) is 32.4 Å². The molecule has 29 heavy (non-hydrogen) atoms. The third-order valence-electron chi connectivity index (χ3n) is 5.23. The summed E-state index contributed by atoms with van der Waals surface area (Å²) in [6.45, 7) is 6.17. The Hall–Kier alpha value is -2.65. The van der Waals surface area contributed by atoms with Crippen LogP contribution in [0.5, 0.6) is 0 Å². The van der Waals surface area contributed by atoms with Gasteiger partial charge in [0.2, 0.25) is 0 Å².